The summed E-state index contributed by atoms with van der Waals surface area (Å²) in [5.74, 6) is 0.00780. The average Bonchev–Trinajstić information content (AvgIpc) is 2.28. The summed E-state index contributed by atoms with van der Waals surface area (Å²) in [7, 11) is 0. The van der Waals surface area contributed by atoms with Crippen LogP contribution >= 0.6 is 0 Å². The standard InChI is InChI=1S/C15H30N2O3/c1-7-17(11-15(5,6)20)12(18)9-8-10-16-13(19)14(2,3)4/h20H,7-11H2,1-6H3,(H,16,19). The zero-order chi connectivity index (χ0) is 16.0. The van der Waals surface area contributed by atoms with Crippen LogP contribution in [0.3, 0.4) is 0 Å². The molecular weight excluding hydrogens is 256 g/mol. The molecule has 0 bridgehead atoms. The fourth-order valence-corrected chi connectivity index (χ4v) is 1.71. The summed E-state index contributed by atoms with van der Waals surface area (Å²) >= 11 is 0. The van der Waals surface area contributed by atoms with Gasteiger partial charge >= 0.3 is 0 Å². The first-order valence-electron chi connectivity index (χ1n) is 7.26. The lowest BCUT2D eigenvalue weighted by Crippen LogP contribution is -2.42. The van der Waals surface area contributed by atoms with Crippen molar-refractivity contribution in [1.82, 2.24) is 10.2 Å². The van der Waals surface area contributed by atoms with Crippen LogP contribution in [0.2, 0.25) is 0 Å². The van der Waals surface area contributed by atoms with Crippen molar-refractivity contribution in [2.45, 2.75) is 60.0 Å². The van der Waals surface area contributed by atoms with E-state index in [1.807, 2.05) is 27.7 Å². The Hall–Kier alpha value is -1.10. The molecule has 0 aromatic rings. The van der Waals surface area contributed by atoms with Crippen LogP contribution in [0.5, 0.6) is 0 Å². The van der Waals surface area contributed by atoms with Crippen LogP contribution in [-0.4, -0.2) is 47.1 Å². The van der Waals surface area contributed by atoms with E-state index in [2.05, 4.69) is 5.32 Å². The number of nitrogens with one attached hydrogen (secondary N) is 1. The number of rotatable bonds is 7. The van der Waals surface area contributed by atoms with Gasteiger partial charge in [-0.2, -0.15) is 0 Å². The molecule has 0 aliphatic carbocycles. The smallest absolute Gasteiger partial charge is 0.225 e. The summed E-state index contributed by atoms with van der Waals surface area (Å²) in [6, 6.07) is 0. The molecule has 2 amide bonds. The first-order chi connectivity index (χ1) is 8.97. The van der Waals surface area contributed by atoms with Gasteiger partial charge in [0.15, 0.2) is 0 Å². The molecule has 2 N–H and O–H groups in total. The fraction of sp³-hybridized carbons (Fsp3) is 0.867. The van der Waals surface area contributed by atoms with E-state index < -0.39 is 11.0 Å². The molecule has 0 spiro atoms. The first-order valence-corrected chi connectivity index (χ1v) is 7.26. The van der Waals surface area contributed by atoms with Gasteiger partial charge in [0.1, 0.15) is 0 Å². The van der Waals surface area contributed by atoms with Crippen molar-refractivity contribution in [3.8, 4) is 0 Å². The Morgan fingerprint density at radius 2 is 1.70 bits per heavy atom. The molecule has 0 radical (unpaired) electrons. The molecule has 5 heteroatoms. The molecule has 0 rings (SSSR count). The van der Waals surface area contributed by atoms with E-state index in [9.17, 15) is 14.7 Å². The van der Waals surface area contributed by atoms with Gasteiger partial charge in [-0.15, -0.1) is 0 Å². The summed E-state index contributed by atoms with van der Waals surface area (Å²) in [6.45, 7) is 12.3. The highest BCUT2D eigenvalue weighted by molar-refractivity contribution is 5.81. The zero-order valence-corrected chi connectivity index (χ0v) is 13.7. The lowest BCUT2D eigenvalue weighted by Gasteiger charge is -2.28. The van der Waals surface area contributed by atoms with Crippen LogP contribution < -0.4 is 5.32 Å². The molecule has 0 heterocycles. The summed E-state index contributed by atoms with van der Waals surface area (Å²) < 4.78 is 0. The van der Waals surface area contributed by atoms with Crippen molar-refractivity contribution in [2.24, 2.45) is 5.41 Å². The second-order valence-corrected chi connectivity index (χ2v) is 6.83. The molecule has 5 nitrogen and oxygen atoms in total. The van der Waals surface area contributed by atoms with Crippen LogP contribution in [0.25, 0.3) is 0 Å². The van der Waals surface area contributed by atoms with E-state index in [0.29, 0.717) is 32.5 Å². The Kier molecular flexibility index (Phi) is 7.20. The molecule has 0 atom stereocenters. The minimum Gasteiger partial charge on any atom is -0.389 e. The number of aliphatic hydroxyl groups is 1. The molecule has 0 aliphatic rings. The van der Waals surface area contributed by atoms with Crippen molar-refractivity contribution >= 4 is 11.8 Å². The molecule has 118 valence electrons. The normalized spacial score (nSPS) is 12.2. The van der Waals surface area contributed by atoms with Crippen molar-refractivity contribution in [2.75, 3.05) is 19.6 Å². The molecular formula is C15H30N2O3. The number of likely N-dealkylation sites (N-methyl/N-ethyl adjacent to an activating group) is 1. The number of nitrogens with zero attached hydrogens (tertiary/aromatic N) is 1. The van der Waals surface area contributed by atoms with Gasteiger partial charge in [-0.25, -0.2) is 0 Å². The third-order valence-corrected chi connectivity index (χ3v) is 2.85. The summed E-state index contributed by atoms with van der Waals surface area (Å²) in [4.78, 5) is 25.3. The number of carbonyl (C=O) groups is 2. The lowest BCUT2D eigenvalue weighted by molar-refractivity contribution is -0.134. The van der Waals surface area contributed by atoms with Gasteiger partial charge in [-0.1, -0.05) is 20.8 Å². The Labute approximate surface area is 122 Å². The van der Waals surface area contributed by atoms with Crippen molar-refractivity contribution in [3.63, 3.8) is 0 Å². The molecule has 0 saturated heterocycles. The van der Waals surface area contributed by atoms with E-state index in [1.54, 1.807) is 18.7 Å². The minimum atomic E-state index is -0.883. The summed E-state index contributed by atoms with van der Waals surface area (Å²) in [5.41, 5.74) is -1.29. The maximum absolute atomic E-state index is 12.0. The Morgan fingerprint density at radius 3 is 2.10 bits per heavy atom. The van der Waals surface area contributed by atoms with Gasteiger partial charge in [0, 0.05) is 31.5 Å². The Bertz CT molecular complexity index is 327. The second-order valence-electron chi connectivity index (χ2n) is 6.83. The Morgan fingerprint density at radius 1 is 1.15 bits per heavy atom. The van der Waals surface area contributed by atoms with Crippen LogP contribution in [-0.2, 0) is 9.59 Å². The molecule has 20 heavy (non-hydrogen) atoms. The third-order valence-electron chi connectivity index (χ3n) is 2.85. The molecule has 0 aliphatic heterocycles. The lowest BCUT2D eigenvalue weighted by atomic mass is 9.96. The van der Waals surface area contributed by atoms with Gasteiger partial charge in [0.25, 0.3) is 0 Å². The zero-order valence-electron chi connectivity index (χ0n) is 13.7. The molecule has 0 aromatic heterocycles. The predicted octanol–water partition coefficient (Wildman–Crippen LogP) is 1.55. The molecule has 0 unspecified atom stereocenters. The second kappa shape index (κ2) is 7.62. The van der Waals surface area contributed by atoms with Crippen LogP contribution in [0.15, 0.2) is 0 Å². The third kappa shape index (κ3) is 8.15. The SMILES string of the molecule is CCN(CC(C)(C)O)C(=O)CCCNC(=O)C(C)(C)C. The molecule has 0 aromatic carbocycles. The number of amides is 2. The largest absolute Gasteiger partial charge is 0.389 e. The minimum absolute atomic E-state index is 0.00575. The highest BCUT2D eigenvalue weighted by atomic mass is 16.3. The van der Waals surface area contributed by atoms with E-state index in [4.69, 9.17) is 0 Å². The van der Waals surface area contributed by atoms with E-state index in [-0.39, 0.29) is 11.8 Å². The van der Waals surface area contributed by atoms with E-state index in [0.717, 1.165) is 0 Å². The summed E-state index contributed by atoms with van der Waals surface area (Å²) in [6.07, 6.45) is 0.997. The van der Waals surface area contributed by atoms with E-state index in [1.165, 1.54) is 0 Å². The van der Waals surface area contributed by atoms with Gasteiger partial charge < -0.3 is 15.3 Å². The summed E-state index contributed by atoms with van der Waals surface area (Å²) in [5, 5.41) is 12.6. The average molecular weight is 286 g/mol. The Balaban J connectivity index is 4.07. The fourth-order valence-electron chi connectivity index (χ4n) is 1.71. The predicted molar refractivity (Wildman–Crippen MR) is 80.3 cm³/mol. The van der Waals surface area contributed by atoms with Crippen LogP contribution in [0.1, 0.15) is 54.4 Å². The molecule has 0 fully saturated rings. The number of hydrogen-bond donors (Lipinski definition) is 2. The van der Waals surface area contributed by atoms with Crippen LogP contribution in [0, 0.1) is 5.41 Å². The monoisotopic (exact) mass is 286 g/mol. The number of carbonyl (C=O) groups excluding carboxylic acids is 2. The number of hydrogen-bond acceptors (Lipinski definition) is 3. The van der Waals surface area contributed by atoms with Crippen molar-refractivity contribution in [3.05, 3.63) is 0 Å². The van der Waals surface area contributed by atoms with Gasteiger partial charge in [0.2, 0.25) is 11.8 Å². The van der Waals surface area contributed by atoms with Crippen molar-refractivity contribution in [1.29, 1.82) is 0 Å². The van der Waals surface area contributed by atoms with E-state index >= 15 is 0 Å². The highest BCUT2D eigenvalue weighted by Gasteiger charge is 2.22. The van der Waals surface area contributed by atoms with Gasteiger partial charge in [-0.05, 0) is 27.2 Å². The maximum Gasteiger partial charge on any atom is 0.225 e. The first kappa shape index (κ1) is 18.9. The molecule has 0 saturated carbocycles. The highest BCUT2D eigenvalue weighted by Crippen LogP contribution is 2.12. The van der Waals surface area contributed by atoms with Gasteiger partial charge in [-0.3, -0.25) is 9.59 Å². The van der Waals surface area contributed by atoms with Gasteiger partial charge in [0.05, 0.1) is 5.60 Å². The van der Waals surface area contributed by atoms with Crippen LogP contribution in [0.4, 0.5) is 0 Å². The van der Waals surface area contributed by atoms with Crippen molar-refractivity contribution < 1.29 is 14.7 Å². The maximum atomic E-state index is 12.0. The quantitative estimate of drug-likeness (QED) is 0.698. The topological polar surface area (TPSA) is 69.6 Å².